The maximum absolute atomic E-state index is 14.8. The average molecular weight is 582 g/mol. The van der Waals surface area contributed by atoms with Gasteiger partial charge in [-0.15, -0.1) is 11.3 Å². The molecule has 0 unspecified atom stereocenters. The van der Waals surface area contributed by atoms with Crippen molar-refractivity contribution in [3.8, 4) is 11.5 Å². The van der Waals surface area contributed by atoms with Crippen LogP contribution in [0.2, 0.25) is 5.02 Å². The highest BCUT2D eigenvalue weighted by atomic mass is 35.5. The van der Waals surface area contributed by atoms with E-state index in [0.717, 1.165) is 11.3 Å². The van der Waals surface area contributed by atoms with Gasteiger partial charge in [0.15, 0.2) is 28.8 Å². The molecule has 3 aromatic carbocycles. The summed E-state index contributed by atoms with van der Waals surface area (Å²) in [5.41, 5.74) is 1.20. The number of hydrogen-bond acceptors (Lipinski definition) is 7. The van der Waals surface area contributed by atoms with Crippen molar-refractivity contribution in [3.05, 3.63) is 116 Å². The summed E-state index contributed by atoms with van der Waals surface area (Å²) in [6.45, 7) is 0. The van der Waals surface area contributed by atoms with Crippen molar-refractivity contribution in [3.63, 3.8) is 0 Å². The van der Waals surface area contributed by atoms with Crippen LogP contribution in [0.15, 0.2) is 84.3 Å². The first-order valence-electron chi connectivity index (χ1n) is 13.2. The number of anilines is 1. The van der Waals surface area contributed by atoms with E-state index >= 15 is 0 Å². The fraction of sp³-hybridized carbons (Fsp3) is 0.182. The highest BCUT2D eigenvalue weighted by Gasteiger charge is 2.72. The van der Waals surface area contributed by atoms with E-state index in [2.05, 4.69) is 0 Å². The van der Waals surface area contributed by atoms with Gasteiger partial charge >= 0.3 is 0 Å². The number of Topliss-reactive ketones (excluding diaryl/α,β-unsaturated/α-hetero) is 3. The first kappa shape index (κ1) is 25.7. The van der Waals surface area contributed by atoms with Crippen LogP contribution in [0.5, 0.6) is 11.5 Å². The molecule has 0 amide bonds. The Balaban J connectivity index is 1.59. The van der Waals surface area contributed by atoms with E-state index in [0.29, 0.717) is 38.1 Å². The van der Waals surface area contributed by atoms with Gasteiger partial charge in [-0.1, -0.05) is 66.2 Å². The minimum absolute atomic E-state index is 0.176. The van der Waals surface area contributed by atoms with Crippen LogP contribution in [0.4, 0.5) is 5.69 Å². The number of halogens is 1. The van der Waals surface area contributed by atoms with Crippen molar-refractivity contribution in [1.82, 2.24) is 0 Å². The van der Waals surface area contributed by atoms with Crippen LogP contribution >= 0.6 is 22.9 Å². The number of rotatable bonds is 5. The third kappa shape index (κ3) is 3.39. The molecule has 3 heterocycles. The van der Waals surface area contributed by atoms with E-state index in [1.807, 2.05) is 46.7 Å². The van der Waals surface area contributed by atoms with E-state index in [1.165, 1.54) is 25.6 Å². The lowest BCUT2D eigenvalue weighted by molar-refractivity contribution is 0.0664. The molecule has 3 aliphatic rings. The SMILES string of the molecule is COc1cccc([C@H]2[C@H](C(=O)c3cccs3)N3c4ccc(Cl)cc4C=C[C@H]3C23C(=O)c2ccccc2C3=O)c1OC. The Kier molecular flexibility index (Phi) is 5.92. The van der Waals surface area contributed by atoms with Gasteiger partial charge in [-0.2, -0.15) is 0 Å². The number of thiophene rings is 1. The number of nitrogens with zero attached hydrogens (tertiary/aromatic N) is 1. The fourth-order valence-electron chi connectivity index (χ4n) is 7.01. The van der Waals surface area contributed by atoms with Gasteiger partial charge < -0.3 is 14.4 Å². The number of para-hydroxylation sites is 1. The van der Waals surface area contributed by atoms with E-state index in [1.54, 1.807) is 48.5 Å². The van der Waals surface area contributed by atoms with Crippen LogP contribution in [-0.4, -0.2) is 43.7 Å². The summed E-state index contributed by atoms with van der Waals surface area (Å²) in [7, 11) is 3.06. The summed E-state index contributed by atoms with van der Waals surface area (Å²) in [5.74, 6) is -0.834. The van der Waals surface area contributed by atoms with Crippen molar-refractivity contribution in [2.24, 2.45) is 5.41 Å². The smallest absolute Gasteiger partial charge is 0.195 e. The zero-order valence-corrected chi connectivity index (χ0v) is 23.7. The third-order valence-corrected chi connectivity index (χ3v) is 9.69. The standard InChI is InChI=1S/C33H24ClNO5S/c1-39-24-10-5-9-22(30(24)40-2)27-28(29(36)25-11-6-16-41-25)35-23-14-13-19(34)17-18(23)12-15-26(35)33(27)31(37)20-7-3-4-8-21(20)32(33)38/h3-17,26-28H,1-2H3/t26-,27-,28+/m0/s1. The molecule has 8 heteroatoms. The van der Waals surface area contributed by atoms with Crippen molar-refractivity contribution in [2.75, 3.05) is 19.1 Å². The number of methoxy groups -OCH3 is 2. The van der Waals surface area contributed by atoms with Crippen LogP contribution in [-0.2, 0) is 0 Å². The average Bonchev–Trinajstić information content (AvgIpc) is 3.70. The van der Waals surface area contributed by atoms with Gasteiger partial charge in [0.2, 0.25) is 0 Å². The van der Waals surface area contributed by atoms with Gasteiger partial charge in [-0.25, -0.2) is 0 Å². The van der Waals surface area contributed by atoms with Gasteiger partial charge in [0.1, 0.15) is 11.5 Å². The second-order valence-electron chi connectivity index (χ2n) is 10.3. The summed E-state index contributed by atoms with van der Waals surface area (Å²) < 4.78 is 11.5. The Morgan fingerprint density at radius 2 is 1.68 bits per heavy atom. The largest absolute Gasteiger partial charge is 0.493 e. The molecule has 0 saturated carbocycles. The molecule has 1 saturated heterocycles. The van der Waals surface area contributed by atoms with Gasteiger partial charge in [0.05, 0.1) is 25.1 Å². The zero-order valence-electron chi connectivity index (χ0n) is 22.2. The maximum atomic E-state index is 14.8. The monoisotopic (exact) mass is 581 g/mol. The lowest BCUT2D eigenvalue weighted by Crippen LogP contribution is -2.48. The molecule has 4 aromatic rings. The molecule has 41 heavy (non-hydrogen) atoms. The van der Waals surface area contributed by atoms with E-state index in [-0.39, 0.29) is 17.3 Å². The minimum atomic E-state index is -1.63. The van der Waals surface area contributed by atoms with Gasteiger partial charge in [0, 0.05) is 33.3 Å². The number of carbonyl (C=O) groups excluding carboxylic acids is 3. The van der Waals surface area contributed by atoms with E-state index < -0.39 is 23.4 Å². The molecular formula is C33H24ClNO5S. The first-order valence-corrected chi connectivity index (χ1v) is 14.4. The Morgan fingerprint density at radius 3 is 2.34 bits per heavy atom. The van der Waals surface area contributed by atoms with Crippen molar-refractivity contribution in [1.29, 1.82) is 0 Å². The molecule has 7 rings (SSSR count). The number of ketones is 3. The summed E-state index contributed by atoms with van der Waals surface area (Å²) in [4.78, 5) is 46.6. The molecule has 0 bridgehead atoms. The Morgan fingerprint density at radius 1 is 0.927 bits per heavy atom. The van der Waals surface area contributed by atoms with Crippen LogP contribution in [0.1, 0.15) is 47.4 Å². The van der Waals surface area contributed by atoms with Crippen molar-refractivity contribution < 1.29 is 23.9 Å². The van der Waals surface area contributed by atoms with Gasteiger partial charge in [-0.05, 0) is 41.3 Å². The molecular weight excluding hydrogens is 558 g/mol. The minimum Gasteiger partial charge on any atom is -0.493 e. The summed E-state index contributed by atoms with van der Waals surface area (Å²) >= 11 is 7.70. The third-order valence-electron chi connectivity index (χ3n) is 8.57. The lowest BCUT2D eigenvalue weighted by atomic mass is 9.64. The van der Waals surface area contributed by atoms with E-state index in [9.17, 15) is 14.4 Å². The molecule has 6 nitrogen and oxygen atoms in total. The maximum Gasteiger partial charge on any atom is 0.195 e. The van der Waals surface area contributed by atoms with Crippen LogP contribution in [0.25, 0.3) is 6.08 Å². The van der Waals surface area contributed by atoms with E-state index in [4.69, 9.17) is 21.1 Å². The quantitative estimate of drug-likeness (QED) is 0.192. The second-order valence-corrected chi connectivity index (χ2v) is 11.7. The predicted octanol–water partition coefficient (Wildman–Crippen LogP) is 6.74. The molecule has 1 aromatic heterocycles. The van der Waals surface area contributed by atoms with Gasteiger partial charge in [0.25, 0.3) is 0 Å². The van der Waals surface area contributed by atoms with Crippen LogP contribution in [0.3, 0.4) is 0 Å². The molecule has 1 fully saturated rings. The van der Waals surface area contributed by atoms with Gasteiger partial charge in [-0.3, -0.25) is 14.4 Å². The second kappa shape index (κ2) is 9.43. The summed E-state index contributed by atoms with van der Waals surface area (Å²) in [5, 5.41) is 2.40. The molecule has 0 N–H and O–H groups in total. The molecule has 1 spiro atoms. The normalized spacial score (nSPS) is 21.5. The predicted molar refractivity (Wildman–Crippen MR) is 159 cm³/mol. The van der Waals surface area contributed by atoms with Crippen LogP contribution < -0.4 is 14.4 Å². The topological polar surface area (TPSA) is 72.9 Å². The highest BCUT2D eigenvalue weighted by molar-refractivity contribution is 7.12. The molecule has 3 atom stereocenters. The van der Waals surface area contributed by atoms with Crippen LogP contribution in [0, 0.1) is 5.41 Å². The Bertz CT molecular complexity index is 1740. The first-order chi connectivity index (χ1) is 19.9. The van der Waals surface area contributed by atoms with Crippen molar-refractivity contribution >= 4 is 52.1 Å². The zero-order chi connectivity index (χ0) is 28.5. The summed E-state index contributed by atoms with van der Waals surface area (Å²) in [6.07, 6.45) is 3.77. The number of benzene rings is 3. The molecule has 1 aliphatic carbocycles. The van der Waals surface area contributed by atoms with Crippen molar-refractivity contribution in [2.45, 2.75) is 18.0 Å². The highest BCUT2D eigenvalue weighted by Crippen LogP contribution is 2.62. The lowest BCUT2D eigenvalue weighted by Gasteiger charge is -2.37. The molecule has 2 aliphatic heterocycles. The number of carbonyl (C=O) groups is 3. The fourth-order valence-corrected chi connectivity index (χ4v) is 7.89. The Labute approximate surface area is 245 Å². The molecule has 0 radical (unpaired) electrons. The molecule has 204 valence electrons. The summed E-state index contributed by atoms with van der Waals surface area (Å²) in [6, 6.07) is 19.7. The number of ether oxygens (including phenoxy) is 2. The number of hydrogen-bond donors (Lipinski definition) is 0. The Hall–Kier alpha value is -4.20. The number of fused-ring (bicyclic) bond motifs is 5.